The van der Waals surface area contributed by atoms with Gasteiger partial charge in [-0.1, -0.05) is 44.2 Å². The minimum absolute atomic E-state index is 0.186. The highest BCUT2D eigenvalue weighted by Gasteiger charge is 2.19. The van der Waals surface area contributed by atoms with E-state index < -0.39 is 0 Å². The summed E-state index contributed by atoms with van der Waals surface area (Å²) in [5.41, 5.74) is 10.2. The Kier molecular flexibility index (Phi) is 5.71. The lowest BCUT2D eigenvalue weighted by Gasteiger charge is -2.30. The number of pyridine rings is 1. The molecule has 0 radical (unpaired) electrons. The van der Waals surface area contributed by atoms with Crippen LogP contribution < -0.4 is 16.0 Å². The van der Waals surface area contributed by atoms with Crippen molar-refractivity contribution < 1.29 is 0 Å². The second-order valence-corrected chi connectivity index (χ2v) is 7.90. The SMILES string of the molecule is CC(C)c1cc(Nc2ccnc(N3CCC[C@H](N)C3)n2)cc(-c2ccccc2)n1. The molecule has 0 saturated carbocycles. The molecule has 3 heterocycles. The smallest absolute Gasteiger partial charge is 0.227 e. The molecule has 150 valence electrons. The first-order valence-corrected chi connectivity index (χ1v) is 10.3. The Morgan fingerprint density at radius 2 is 1.93 bits per heavy atom. The number of hydrogen-bond donors (Lipinski definition) is 2. The van der Waals surface area contributed by atoms with Crippen LogP contribution in [-0.2, 0) is 0 Å². The molecule has 0 amide bonds. The molecular weight excluding hydrogens is 360 g/mol. The summed E-state index contributed by atoms with van der Waals surface area (Å²) in [5.74, 6) is 1.83. The van der Waals surface area contributed by atoms with Gasteiger partial charge >= 0.3 is 0 Å². The van der Waals surface area contributed by atoms with Gasteiger partial charge in [0.05, 0.1) is 5.69 Å². The van der Waals surface area contributed by atoms with Crippen LogP contribution in [0, 0.1) is 0 Å². The van der Waals surface area contributed by atoms with Crippen molar-refractivity contribution in [3.63, 3.8) is 0 Å². The number of nitrogens with one attached hydrogen (secondary N) is 1. The molecule has 1 atom stereocenters. The van der Waals surface area contributed by atoms with Gasteiger partial charge in [-0.05, 0) is 37.0 Å². The zero-order chi connectivity index (χ0) is 20.2. The summed E-state index contributed by atoms with van der Waals surface area (Å²) >= 11 is 0. The Morgan fingerprint density at radius 1 is 1.10 bits per heavy atom. The number of hydrogen-bond acceptors (Lipinski definition) is 6. The highest BCUT2D eigenvalue weighted by atomic mass is 15.3. The maximum atomic E-state index is 6.12. The predicted octanol–water partition coefficient (Wildman–Crippen LogP) is 4.33. The van der Waals surface area contributed by atoms with Gasteiger partial charge in [-0.15, -0.1) is 0 Å². The van der Waals surface area contributed by atoms with Gasteiger partial charge in [0.1, 0.15) is 5.82 Å². The molecule has 6 heteroatoms. The van der Waals surface area contributed by atoms with E-state index in [9.17, 15) is 0 Å². The first kappa shape index (κ1) is 19.3. The van der Waals surface area contributed by atoms with Crippen molar-refractivity contribution in [1.29, 1.82) is 0 Å². The third-order valence-electron chi connectivity index (χ3n) is 5.16. The first-order valence-electron chi connectivity index (χ1n) is 10.3. The van der Waals surface area contributed by atoms with Crippen LogP contribution in [0.15, 0.2) is 54.7 Å². The summed E-state index contributed by atoms with van der Waals surface area (Å²) in [6.07, 6.45) is 3.93. The number of piperidine rings is 1. The van der Waals surface area contributed by atoms with Crippen molar-refractivity contribution in [1.82, 2.24) is 15.0 Å². The van der Waals surface area contributed by atoms with Crippen LogP contribution in [0.5, 0.6) is 0 Å². The molecule has 0 spiro atoms. The van der Waals surface area contributed by atoms with Crippen molar-refractivity contribution in [2.75, 3.05) is 23.3 Å². The molecule has 29 heavy (non-hydrogen) atoms. The lowest BCUT2D eigenvalue weighted by Crippen LogP contribution is -2.43. The van der Waals surface area contributed by atoms with Crippen LogP contribution in [0.1, 0.15) is 38.3 Å². The van der Waals surface area contributed by atoms with Gasteiger partial charge in [-0.3, -0.25) is 4.98 Å². The van der Waals surface area contributed by atoms with Crippen molar-refractivity contribution in [2.45, 2.75) is 38.6 Å². The van der Waals surface area contributed by atoms with E-state index in [1.165, 1.54) is 0 Å². The number of nitrogens with two attached hydrogens (primary N) is 1. The summed E-state index contributed by atoms with van der Waals surface area (Å²) in [7, 11) is 0. The molecule has 1 aliphatic heterocycles. The number of rotatable bonds is 5. The maximum absolute atomic E-state index is 6.12. The molecule has 1 saturated heterocycles. The number of nitrogens with zero attached hydrogens (tertiary/aromatic N) is 4. The molecular formula is C23H28N6. The fraction of sp³-hybridized carbons (Fsp3) is 0.348. The van der Waals surface area contributed by atoms with Crippen LogP contribution in [-0.4, -0.2) is 34.1 Å². The van der Waals surface area contributed by atoms with Crippen LogP contribution in [0.3, 0.4) is 0 Å². The second kappa shape index (κ2) is 8.57. The lowest BCUT2D eigenvalue weighted by molar-refractivity contribution is 0.500. The summed E-state index contributed by atoms with van der Waals surface area (Å²) in [5, 5.41) is 3.45. The van der Waals surface area contributed by atoms with Crippen molar-refractivity contribution in [3.8, 4) is 11.3 Å². The highest BCUT2D eigenvalue weighted by molar-refractivity contribution is 5.67. The summed E-state index contributed by atoms with van der Waals surface area (Å²) < 4.78 is 0. The van der Waals surface area contributed by atoms with E-state index in [2.05, 4.69) is 53.3 Å². The standard InChI is InChI=1S/C23H28N6/c1-16(2)20-13-19(14-21(27-20)17-7-4-3-5-8-17)26-22-10-11-25-23(28-22)29-12-6-9-18(24)15-29/h3-5,7-8,10-11,13-14,16,18H,6,9,12,15,24H2,1-2H3,(H,25,26,27,28)/t18-/m0/s1. The first-order chi connectivity index (χ1) is 14.1. The van der Waals surface area contributed by atoms with Gasteiger partial charge in [-0.25, -0.2) is 4.98 Å². The normalized spacial score (nSPS) is 16.8. The van der Waals surface area contributed by atoms with Crippen LogP contribution in [0.2, 0.25) is 0 Å². The van der Waals surface area contributed by atoms with E-state index >= 15 is 0 Å². The molecule has 0 aliphatic carbocycles. The number of anilines is 3. The largest absolute Gasteiger partial charge is 0.340 e. The Balaban J connectivity index is 1.62. The van der Waals surface area contributed by atoms with Crippen molar-refractivity contribution in [3.05, 3.63) is 60.4 Å². The van der Waals surface area contributed by atoms with E-state index in [0.717, 1.165) is 60.3 Å². The van der Waals surface area contributed by atoms with Gasteiger partial charge in [0, 0.05) is 42.3 Å². The third-order valence-corrected chi connectivity index (χ3v) is 5.16. The summed E-state index contributed by atoms with van der Waals surface area (Å²) in [6, 6.07) is 16.5. The molecule has 3 aromatic rings. The Morgan fingerprint density at radius 3 is 2.69 bits per heavy atom. The monoisotopic (exact) mass is 388 g/mol. The van der Waals surface area contributed by atoms with Gasteiger partial charge in [0.25, 0.3) is 0 Å². The molecule has 1 aliphatic rings. The van der Waals surface area contributed by atoms with E-state index in [0.29, 0.717) is 5.92 Å². The third kappa shape index (κ3) is 4.71. The average Bonchev–Trinajstić information content (AvgIpc) is 2.74. The minimum Gasteiger partial charge on any atom is -0.340 e. The Labute approximate surface area is 172 Å². The van der Waals surface area contributed by atoms with Crippen LogP contribution >= 0.6 is 0 Å². The summed E-state index contributed by atoms with van der Waals surface area (Å²) in [6.45, 7) is 6.06. The van der Waals surface area contributed by atoms with E-state index in [1.807, 2.05) is 24.3 Å². The fourth-order valence-electron chi connectivity index (χ4n) is 3.59. The number of benzene rings is 1. The molecule has 2 aromatic heterocycles. The second-order valence-electron chi connectivity index (χ2n) is 7.90. The van der Waals surface area contributed by atoms with E-state index in [1.54, 1.807) is 6.20 Å². The topological polar surface area (TPSA) is 80.0 Å². The Bertz CT molecular complexity index is 957. The van der Waals surface area contributed by atoms with Crippen LogP contribution in [0.4, 0.5) is 17.5 Å². The molecule has 4 rings (SSSR count). The lowest BCUT2D eigenvalue weighted by atomic mass is 10.1. The van der Waals surface area contributed by atoms with Gasteiger partial charge < -0.3 is 16.0 Å². The summed E-state index contributed by atoms with van der Waals surface area (Å²) in [4.78, 5) is 16.2. The van der Waals surface area contributed by atoms with Crippen LogP contribution in [0.25, 0.3) is 11.3 Å². The average molecular weight is 389 g/mol. The molecule has 3 N–H and O–H groups in total. The predicted molar refractivity (Wildman–Crippen MR) is 118 cm³/mol. The number of aromatic nitrogens is 3. The van der Waals surface area contributed by atoms with Gasteiger partial charge in [0.2, 0.25) is 5.95 Å². The highest BCUT2D eigenvalue weighted by Crippen LogP contribution is 2.27. The van der Waals surface area contributed by atoms with Crippen molar-refractivity contribution >= 4 is 17.5 Å². The quantitative estimate of drug-likeness (QED) is 0.677. The zero-order valence-electron chi connectivity index (χ0n) is 17.0. The molecule has 0 bridgehead atoms. The zero-order valence-corrected chi connectivity index (χ0v) is 17.0. The Hall–Kier alpha value is -2.99. The van der Waals surface area contributed by atoms with Gasteiger partial charge in [0.15, 0.2) is 0 Å². The molecule has 1 aromatic carbocycles. The minimum atomic E-state index is 0.186. The molecule has 6 nitrogen and oxygen atoms in total. The van der Waals surface area contributed by atoms with Crippen molar-refractivity contribution in [2.24, 2.45) is 5.73 Å². The maximum Gasteiger partial charge on any atom is 0.227 e. The molecule has 1 fully saturated rings. The van der Waals surface area contributed by atoms with Gasteiger partial charge in [-0.2, -0.15) is 4.98 Å². The van der Waals surface area contributed by atoms with E-state index in [4.69, 9.17) is 15.7 Å². The molecule has 0 unspecified atom stereocenters. The van der Waals surface area contributed by atoms with E-state index in [-0.39, 0.29) is 6.04 Å². The fourth-order valence-corrected chi connectivity index (χ4v) is 3.59.